The third-order valence-corrected chi connectivity index (χ3v) is 5.79. The van der Waals surface area contributed by atoms with Crippen LogP contribution in [0.4, 0.5) is 0 Å². The molecule has 0 spiro atoms. The van der Waals surface area contributed by atoms with Gasteiger partial charge in [-0.2, -0.15) is 0 Å². The summed E-state index contributed by atoms with van der Waals surface area (Å²) in [6, 6.07) is 14.0. The Hall–Kier alpha value is -2.84. The monoisotopic (exact) mass is 416 g/mol. The van der Waals surface area contributed by atoms with E-state index in [1.165, 1.54) is 7.11 Å². The van der Waals surface area contributed by atoms with Crippen LogP contribution >= 0.6 is 0 Å². The topological polar surface area (TPSA) is 97.6 Å². The maximum Gasteiger partial charge on any atom is 0.287 e. The average Bonchev–Trinajstić information content (AvgIpc) is 3.10. The van der Waals surface area contributed by atoms with Gasteiger partial charge in [-0.1, -0.05) is 36.4 Å². The summed E-state index contributed by atoms with van der Waals surface area (Å²) in [6.45, 7) is 3.72. The summed E-state index contributed by atoms with van der Waals surface area (Å²) in [5.74, 6) is 0.172. The zero-order valence-electron chi connectivity index (χ0n) is 16.6. The first-order chi connectivity index (χ1) is 13.8. The Morgan fingerprint density at radius 2 is 1.83 bits per heavy atom. The van der Waals surface area contributed by atoms with Gasteiger partial charge in [-0.3, -0.25) is 4.79 Å². The van der Waals surface area contributed by atoms with Crippen LogP contribution in [0.1, 0.15) is 35.5 Å². The van der Waals surface area contributed by atoms with E-state index < -0.39 is 10.0 Å². The van der Waals surface area contributed by atoms with E-state index >= 15 is 0 Å². The number of carbonyl (C=O) groups is 1. The van der Waals surface area contributed by atoms with Crippen molar-refractivity contribution in [2.75, 3.05) is 7.11 Å². The maximum absolute atomic E-state index is 12.6. The molecule has 29 heavy (non-hydrogen) atoms. The fourth-order valence-corrected chi connectivity index (χ4v) is 4.54. The minimum absolute atomic E-state index is 0.154. The summed E-state index contributed by atoms with van der Waals surface area (Å²) in [6.07, 6.45) is 0. The van der Waals surface area contributed by atoms with E-state index in [4.69, 9.17) is 9.15 Å². The number of nitrogens with one attached hydrogen (secondary N) is 2. The van der Waals surface area contributed by atoms with Crippen LogP contribution in [0.5, 0.6) is 5.75 Å². The predicted octanol–water partition coefficient (Wildman–Crippen LogP) is 3.20. The number of methoxy groups -OCH3 is 1. The number of fused-ring (bicyclic) bond motifs is 1. The minimum atomic E-state index is -3.47. The molecule has 2 aromatic carbocycles. The van der Waals surface area contributed by atoms with Gasteiger partial charge < -0.3 is 14.5 Å². The Morgan fingerprint density at radius 3 is 2.52 bits per heavy atom. The maximum atomic E-state index is 12.6. The molecule has 2 N–H and O–H groups in total. The number of sulfonamides is 1. The molecule has 0 saturated heterocycles. The van der Waals surface area contributed by atoms with Crippen LogP contribution in [-0.4, -0.2) is 27.5 Å². The molecule has 0 aliphatic carbocycles. The Morgan fingerprint density at radius 1 is 1.10 bits per heavy atom. The molecule has 0 unspecified atom stereocenters. The number of hydrogen-bond acceptors (Lipinski definition) is 5. The number of hydrogen-bond donors (Lipinski definition) is 2. The highest BCUT2D eigenvalue weighted by Gasteiger charge is 2.17. The summed E-state index contributed by atoms with van der Waals surface area (Å²) in [5.41, 5.74) is 1.86. The predicted molar refractivity (Wildman–Crippen MR) is 111 cm³/mol. The average molecular weight is 416 g/mol. The second-order valence-corrected chi connectivity index (χ2v) is 8.73. The zero-order valence-corrected chi connectivity index (χ0v) is 17.4. The molecule has 1 heterocycles. The van der Waals surface area contributed by atoms with Gasteiger partial charge in [0.1, 0.15) is 0 Å². The molecule has 3 aromatic rings. The fourth-order valence-electron chi connectivity index (χ4n) is 3.05. The van der Waals surface area contributed by atoms with Gasteiger partial charge in [-0.25, -0.2) is 13.1 Å². The van der Waals surface area contributed by atoms with Crippen LogP contribution in [0.2, 0.25) is 0 Å². The van der Waals surface area contributed by atoms with Crippen molar-refractivity contribution in [1.82, 2.24) is 10.0 Å². The standard InChI is InChI=1S/C21H24N2O5S/c1-14(2)23-29(25,26)13-17-8-5-4-7-16(17)12-22-21(24)19-11-15-9-6-10-18(27-3)20(15)28-19/h4-11,14,23H,12-13H2,1-3H3,(H,22,24). The summed E-state index contributed by atoms with van der Waals surface area (Å²) >= 11 is 0. The van der Waals surface area contributed by atoms with E-state index in [2.05, 4.69) is 10.0 Å². The van der Waals surface area contributed by atoms with E-state index in [9.17, 15) is 13.2 Å². The van der Waals surface area contributed by atoms with E-state index in [-0.39, 0.29) is 30.0 Å². The smallest absolute Gasteiger partial charge is 0.287 e. The molecule has 0 saturated carbocycles. The van der Waals surface area contributed by atoms with Crippen LogP contribution < -0.4 is 14.8 Å². The number of para-hydroxylation sites is 1. The van der Waals surface area contributed by atoms with Crippen molar-refractivity contribution in [3.05, 3.63) is 65.4 Å². The van der Waals surface area contributed by atoms with E-state index in [0.29, 0.717) is 16.9 Å². The van der Waals surface area contributed by atoms with Gasteiger partial charge in [-0.05, 0) is 37.1 Å². The number of ether oxygens (including phenoxy) is 1. The summed E-state index contributed by atoms with van der Waals surface area (Å²) in [5, 5.41) is 3.56. The van der Waals surface area contributed by atoms with Gasteiger partial charge in [0.2, 0.25) is 10.0 Å². The van der Waals surface area contributed by atoms with Crippen molar-refractivity contribution in [2.45, 2.75) is 32.2 Å². The largest absolute Gasteiger partial charge is 0.493 e. The number of amides is 1. The fraction of sp³-hybridized carbons (Fsp3) is 0.286. The third-order valence-electron chi connectivity index (χ3n) is 4.27. The van der Waals surface area contributed by atoms with Crippen LogP contribution in [0.25, 0.3) is 11.0 Å². The Labute approximate surface area is 170 Å². The van der Waals surface area contributed by atoms with Crippen molar-refractivity contribution in [3.8, 4) is 5.75 Å². The molecule has 3 rings (SSSR count). The summed E-state index contributed by atoms with van der Waals surface area (Å²) in [7, 11) is -1.93. The summed E-state index contributed by atoms with van der Waals surface area (Å²) in [4.78, 5) is 12.6. The molecule has 0 aliphatic heterocycles. The highest BCUT2D eigenvalue weighted by atomic mass is 32.2. The highest BCUT2D eigenvalue weighted by Crippen LogP contribution is 2.28. The van der Waals surface area contributed by atoms with Gasteiger partial charge in [0.15, 0.2) is 17.1 Å². The van der Waals surface area contributed by atoms with Crippen LogP contribution in [-0.2, 0) is 22.3 Å². The normalized spacial score (nSPS) is 11.7. The lowest BCUT2D eigenvalue weighted by atomic mass is 10.1. The van der Waals surface area contributed by atoms with E-state index in [1.54, 1.807) is 50.2 Å². The number of rotatable bonds is 8. The van der Waals surface area contributed by atoms with Gasteiger partial charge in [0.25, 0.3) is 5.91 Å². The van der Waals surface area contributed by atoms with Gasteiger partial charge in [0, 0.05) is 18.0 Å². The SMILES string of the molecule is COc1cccc2cc(C(=O)NCc3ccccc3CS(=O)(=O)NC(C)C)oc12. The molecule has 0 radical (unpaired) electrons. The lowest BCUT2D eigenvalue weighted by Gasteiger charge is -2.13. The molecule has 0 bridgehead atoms. The Balaban J connectivity index is 1.74. The molecule has 0 aliphatic rings. The van der Waals surface area contributed by atoms with Crippen molar-refractivity contribution >= 4 is 26.9 Å². The first-order valence-corrected chi connectivity index (χ1v) is 10.9. The second kappa shape index (κ2) is 8.67. The molecule has 7 nitrogen and oxygen atoms in total. The van der Waals surface area contributed by atoms with Gasteiger partial charge in [0.05, 0.1) is 12.9 Å². The molecule has 0 atom stereocenters. The molecule has 1 amide bonds. The van der Waals surface area contributed by atoms with Gasteiger partial charge >= 0.3 is 0 Å². The van der Waals surface area contributed by atoms with E-state index in [1.807, 2.05) is 12.1 Å². The lowest BCUT2D eigenvalue weighted by Crippen LogP contribution is -2.31. The first kappa shape index (κ1) is 20.9. The van der Waals surface area contributed by atoms with Crippen LogP contribution in [0.15, 0.2) is 52.9 Å². The van der Waals surface area contributed by atoms with Crippen LogP contribution in [0.3, 0.4) is 0 Å². The third kappa shape index (κ3) is 5.16. The molecule has 0 fully saturated rings. The Bertz CT molecular complexity index is 1120. The molecular formula is C21H24N2O5S. The molecule has 8 heteroatoms. The zero-order chi connectivity index (χ0) is 21.0. The Kier molecular flexibility index (Phi) is 6.24. The van der Waals surface area contributed by atoms with Crippen molar-refractivity contribution in [1.29, 1.82) is 0 Å². The van der Waals surface area contributed by atoms with Gasteiger partial charge in [-0.15, -0.1) is 0 Å². The summed E-state index contributed by atoms with van der Waals surface area (Å²) < 4.78 is 38.0. The minimum Gasteiger partial charge on any atom is -0.493 e. The number of benzene rings is 2. The molecular weight excluding hydrogens is 392 g/mol. The second-order valence-electron chi connectivity index (χ2n) is 6.97. The van der Waals surface area contributed by atoms with Crippen LogP contribution in [0, 0.1) is 0 Å². The number of carbonyl (C=O) groups excluding carboxylic acids is 1. The van der Waals surface area contributed by atoms with Crippen molar-refractivity contribution in [2.24, 2.45) is 0 Å². The lowest BCUT2D eigenvalue weighted by molar-refractivity contribution is 0.0925. The van der Waals surface area contributed by atoms with Crippen molar-refractivity contribution in [3.63, 3.8) is 0 Å². The highest BCUT2D eigenvalue weighted by molar-refractivity contribution is 7.88. The first-order valence-electron chi connectivity index (χ1n) is 9.20. The van der Waals surface area contributed by atoms with E-state index in [0.717, 1.165) is 10.9 Å². The molecule has 1 aromatic heterocycles. The number of furan rings is 1. The van der Waals surface area contributed by atoms with Crippen molar-refractivity contribution < 1.29 is 22.4 Å². The quantitative estimate of drug-likeness (QED) is 0.588. The molecule has 154 valence electrons.